The highest BCUT2D eigenvalue weighted by Gasteiger charge is 2.17. The molecule has 0 aromatic carbocycles. The molecule has 5 nitrogen and oxygen atoms in total. The van der Waals surface area contributed by atoms with Gasteiger partial charge in [0.15, 0.2) is 0 Å². The summed E-state index contributed by atoms with van der Waals surface area (Å²) in [6, 6.07) is 0. The van der Waals surface area contributed by atoms with E-state index < -0.39 is 0 Å². The van der Waals surface area contributed by atoms with Gasteiger partial charge in [0.05, 0.1) is 18.4 Å². The van der Waals surface area contributed by atoms with Gasteiger partial charge in [-0.2, -0.15) is 5.10 Å². The molecule has 1 fully saturated rings. The fourth-order valence-corrected chi connectivity index (χ4v) is 2.14. The van der Waals surface area contributed by atoms with Crippen LogP contribution in [0.3, 0.4) is 0 Å². The molecule has 0 atom stereocenters. The average Bonchev–Trinajstić information content (AvgIpc) is 2.73. The van der Waals surface area contributed by atoms with Crippen LogP contribution in [0.4, 0.5) is 5.69 Å². The van der Waals surface area contributed by atoms with Gasteiger partial charge in [0.1, 0.15) is 0 Å². The molecule has 0 unspecified atom stereocenters. The molecule has 1 saturated heterocycles. The maximum absolute atomic E-state index is 9.04. The minimum absolute atomic E-state index is 0.337. The van der Waals surface area contributed by atoms with Crippen molar-refractivity contribution in [2.45, 2.75) is 19.4 Å². The first kappa shape index (κ1) is 11.4. The van der Waals surface area contributed by atoms with Crippen LogP contribution in [0.25, 0.3) is 0 Å². The molecule has 0 radical (unpaired) electrons. The number of nitrogens with two attached hydrogens (primary N) is 1. The summed E-state index contributed by atoms with van der Waals surface area (Å²) in [5, 5.41) is 13.2. The van der Waals surface area contributed by atoms with Crippen molar-refractivity contribution in [3.8, 4) is 0 Å². The van der Waals surface area contributed by atoms with E-state index in [4.69, 9.17) is 10.8 Å². The van der Waals surface area contributed by atoms with E-state index >= 15 is 0 Å². The van der Waals surface area contributed by atoms with Crippen molar-refractivity contribution in [3.05, 3.63) is 12.4 Å². The van der Waals surface area contributed by atoms with Crippen molar-refractivity contribution < 1.29 is 5.11 Å². The summed E-state index contributed by atoms with van der Waals surface area (Å²) < 4.78 is 1.88. The van der Waals surface area contributed by atoms with Crippen molar-refractivity contribution >= 4 is 5.69 Å². The number of hydrogen-bond donors (Lipinski definition) is 2. The predicted octanol–water partition coefficient (Wildman–Crippen LogP) is 0.170. The molecule has 16 heavy (non-hydrogen) atoms. The number of nitrogen functional groups attached to an aromatic ring is 1. The summed E-state index contributed by atoms with van der Waals surface area (Å²) in [5.74, 6) is 0.511. The molecule has 1 aliphatic heterocycles. The van der Waals surface area contributed by atoms with Crippen molar-refractivity contribution in [2.75, 3.05) is 32.0 Å². The minimum Gasteiger partial charge on any atom is -0.396 e. The lowest BCUT2D eigenvalue weighted by molar-refractivity contribution is 0.128. The first-order chi connectivity index (χ1) is 7.78. The van der Waals surface area contributed by atoms with Gasteiger partial charge in [-0.3, -0.25) is 4.68 Å². The Labute approximate surface area is 95.8 Å². The summed E-state index contributed by atoms with van der Waals surface area (Å²) in [6.45, 7) is 4.41. The zero-order valence-corrected chi connectivity index (χ0v) is 9.55. The summed E-state index contributed by atoms with van der Waals surface area (Å²) >= 11 is 0. The van der Waals surface area contributed by atoms with Crippen LogP contribution >= 0.6 is 0 Å². The highest BCUT2D eigenvalue weighted by Crippen LogP contribution is 2.15. The van der Waals surface area contributed by atoms with Crippen LogP contribution in [0.15, 0.2) is 12.4 Å². The molecule has 0 bridgehead atoms. The van der Waals surface area contributed by atoms with E-state index in [2.05, 4.69) is 10.00 Å². The third-order valence-corrected chi connectivity index (χ3v) is 3.26. The van der Waals surface area contributed by atoms with Gasteiger partial charge in [-0.15, -0.1) is 0 Å². The normalized spacial score (nSPS) is 19.1. The number of aliphatic hydroxyl groups is 1. The largest absolute Gasteiger partial charge is 0.396 e. The van der Waals surface area contributed by atoms with Crippen molar-refractivity contribution in [1.82, 2.24) is 14.7 Å². The molecule has 1 aliphatic rings. The number of piperidine rings is 1. The van der Waals surface area contributed by atoms with Gasteiger partial charge in [-0.1, -0.05) is 0 Å². The molecule has 0 spiro atoms. The molecule has 0 amide bonds. The van der Waals surface area contributed by atoms with E-state index in [9.17, 15) is 0 Å². The molecule has 0 saturated carbocycles. The quantitative estimate of drug-likeness (QED) is 0.765. The second kappa shape index (κ2) is 5.32. The number of nitrogens with zero attached hydrogens (tertiary/aromatic N) is 3. The molecule has 2 heterocycles. The van der Waals surface area contributed by atoms with Crippen molar-refractivity contribution in [1.29, 1.82) is 0 Å². The Hall–Kier alpha value is -1.07. The first-order valence-electron chi connectivity index (χ1n) is 5.89. The van der Waals surface area contributed by atoms with Gasteiger partial charge >= 0.3 is 0 Å². The Morgan fingerprint density at radius 1 is 1.38 bits per heavy atom. The molecule has 2 rings (SSSR count). The Morgan fingerprint density at radius 2 is 2.12 bits per heavy atom. The topological polar surface area (TPSA) is 67.3 Å². The van der Waals surface area contributed by atoms with Gasteiger partial charge in [0.25, 0.3) is 0 Å². The lowest BCUT2D eigenvalue weighted by Gasteiger charge is -2.30. The fourth-order valence-electron chi connectivity index (χ4n) is 2.14. The van der Waals surface area contributed by atoms with Crippen LogP contribution < -0.4 is 5.73 Å². The molecular weight excluding hydrogens is 204 g/mol. The van der Waals surface area contributed by atoms with Gasteiger partial charge in [0, 0.05) is 19.3 Å². The standard InChI is InChI=1S/C11H20N4O/c12-11-7-13-15(8-11)6-5-14-3-1-10(9-16)2-4-14/h7-8,10,16H,1-6,9,12H2. The number of rotatable bonds is 4. The Balaban J connectivity index is 1.71. The maximum Gasteiger partial charge on any atom is 0.0719 e. The number of aromatic nitrogens is 2. The molecule has 5 heteroatoms. The van der Waals surface area contributed by atoms with Gasteiger partial charge in [-0.25, -0.2) is 0 Å². The molecule has 90 valence electrons. The molecule has 1 aromatic rings. The Morgan fingerprint density at radius 3 is 2.69 bits per heavy atom. The van der Waals surface area contributed by atoms with E-state index in [0.717, 1.165) is 44.7 Å². The maximum atomic E-state index is 9.04. The molecule has 0 aliphatic carbocycles. The minimum atomic E-state index is 0.337. The Bertz CT molecular complexity index is 318. The number of anilines is 1. The highest BCUT2D eigenvalue weighted by molar-refractivity contribution is 5.30. The van der Waals surface area contributed by atoms with Crippen LogP contribution in [-0.2, 0) is 6.54 Å². The van der Waals surface area contributed by atoms with Crippen LogP contribution in [-0.4, -0.2) is 46.0 Å². The third-order valence-electron chi connectivity index (χ3n) is 3.26. The highest BCUT2D eigenvalue weighted by atomic mass is 16.3. The molecule has 3 N–H and O–H groups in total. The lowest BCUT2D eigenvalue weighted by atomic mass is 9.98. The van der Waals surface area contributed by atoms with E-state index in [1.54, 1.807) is 6.20 Å². The lowest BCUT2D eigenvalue weighted by Crippen LogP contribution is -2.36. The molecular formula is C11H20N4O. The summed E-state index contributed by atoms with van der Waals surface area (Å²) in [5.41, 5.74) is 6.32. The fraction of sp³-hybridized carbons (Fsp3) is 0.727. The van der Waals surface area contributed by atoms with E-state index in [1.807, 2.05) is 10.9 Å². The SMILES string of the molecule is Nc1cnn(CCN2CCC(CO)CC2)c1. The van der Waals surface area contributed by atoms with Crippen molar-refractivity contribution in [3.63, 3.8) is 0 Å². The van der Waals surface area contributed by atoms with Crippen LogP contribution in [0.2, 0.25) is 0 Å². The summed E-state index contributed by atoms with van der Waals surface area (Å²) in [7, 11) is 0. The van der Waals surface area contributed by atoms with Crippen LogP contribution in [0.5, 0.6) is 0 Å². The van der Waals surface area contributed by atoms with E-state index in [1.165, 1.54) is 0 Å². The molecule has 1 aromatic heterocycles. The van der Waals surface area contributed by atoms with Gasteiger partial charge < -0.3 is 15.7 Å². The van der Waals surface area contributed by atoms with Gasteiger partial charge in [0.2, 0.25) is 0 Å². The smallest absolute Gasteiger partial charge is 0.0719 e. The zero-order chi connectivity index (χ0) is 11.4. The second-order valence-electron chi connectivity index (χ2n) is 4.50. The monoisotopic (exact) mass is 224 g/mol. The Kier molecular flexibility index (Phi) is 3.79. The first-order valence-corrected chi connectivity index (χ1v) is 5.89. The predicted molar refractivity (Wildman–Crippen MR) is 62.9 cm³/mol. The van der Waals surface area contributed by atoms with Crippen LogP contribution in [0.1, 0.15) is 12.8 Å². The second-order valence-corrected chi connectivity index (χ2v) is 4.50. The van der Waals surface area contributed by atoms with Crippen LogP contribution in [0, 0.1) is 5.92 Å². The van der Waals surface area contributed by atoms with Crippen molar-refractivity contribution in [2.24, 2.45) is 5.92 Å². The number of likely N-dealkylation sites (tertiary alicyclic amines) is 1. The third kappa shape index (κ3) is 2.96. The summed E-state index contributed by atoms with van der Waals surface area (Å²) in [6.07, 6.45) is 5.76. The van der Waals surface area contributed by atoms with E-state index in [-0.39, 0.29) is 0 Å². The van der Waals surface area contributed by atoms with Gasteiger partial charge in [-0.05, 0) is 31.8 Å². The van der Waals surface area contributed by atoms with E-state index in [0.29, 0.717) is 12.5 Å². The summed E-state index contributed by atoms with van der Waals surface area (Å²) in [4.78, 5) is 2.42. The number of aliphatic hydroxyl groups excluding tert-OH is 1. The average molecular weight is 224 g/mol. The zero-order valence-electron chi connectivity index (χ0n) is 9.55. The number of hydrogen-bond acceptors (Lipinski definition) is 4.